The second kappa shape index (κ2) is 8.70. The summed E-state index contributed by atoms with van der Waals surface area (Å²) in [6, 6.07) is 9.27. The Labute approximate surface area is 171 Å². The van der Waals surface area contributed by atoms with Gasteiger partial charge in [-0.1, -0.05) is 11.8 Å². The fourth-order valence-electron chi connectivity index (χ4n) is 2.56. The lowest BCUT2D eigenvalue weighted by atomic mass is 10.2. The van der Waals surface area contributed by atoms with E-state index in [0.717, 1.165) is 26.6 Å². The Balaban J connectivity index is 1.74. The summed E-state index contributed by atoms with van der Waals surface area (Å²) < 4.78 is 5.29. The minimum Gasteiger partial charge on any atom is -0.497 e. The number of aryl methyl sites for hydroxylation is 1. The molecule has 6 nitrogen and oxygen atoms in total. The second-order valence-corrected chi connectivity index (χ2v) is 8.53. The van der Waals surface area contributed by atoms with Crippen molar-refractivity contribution >= 4 is 45.7 Å². The maximum absolute atomic E-state index is 12.6. The fourth-order valence-corrected chi connectivity index (χ4v) is 4.53. The number of benzene rings is 1. The van der Waals surface area contributed by atoms with E-state index < -0.39 is 0 Å². The minimum absolute atomic E-state index is 0.0193. The van der Waals surface area contributed by atoms with Gasteiger partial charge in [-0.25, -0.2) is 9.97 Å². The number of thiophene rings is 1. The van der Waals surface area contributed by atoms with Gasteiger partial charge in [-0.2, -0.15) is 0 Å². The number of carbonyl (C=O) groups is 2. The lowest BCUT2D eigenvalue weighted by Crippen LogP contribution is -2.23. The van der Waals surface area contributed by atoms with E-state index in [9.17, 15) is 9.59 Å². The van der Waals surface area contributed by atoms with Crippen molar-refractivity contribution in [3.8, 4) is 5.75 Å². The van der Waals surface area contributed by atoms with Crippen molar-refractivity contribution in [2.75, 3.05) is 27.0 Å². The molecule has 1 aromatic carbocycles. The number of aromatic nitrogens is 2. The summed E-state index contributed by atoms with van der Waals surface area (Å²) in [5.74, 6) is 1.69. The number of hydrogen-bond donors (Lipinski definition) is 0. The highest BCUT2D eigenvalue weighted by molar-refractivity contribution is 8.00. The van der Waals surface area contributed by atoms with Crippen LogP contribution in [0.4, 0.5) is 0 Å². The van der Waals surface area contributed by atoms with Gasteiger partial charge in [0.05, 0.1) is 29.7 Å². The van der Waals surface area contributed by atoms with Crippen LogP contribution in [0.2, 0.25) is 0 Å². The third-order valence-corrected chi connectivity index (χ3v) is 6.20. The normalized spacial score (nSPS) is 10.9. The number of carbonyl (C=O) groups excluding carboxylic acids is 2. The summed E-state index contributed by atoms with van der Waals surface area (Å²) in [6.07, 6.45) is 0.313. The topological polar surface area (TPSA) is 72.4 Å². The lowest BCUT2D eigenvalue weighted by molar-refractivity contribution is -0.127. The van der Waals surface area contributed by atoms with Crippen LogP contribution < -0.4 is 4.74 Å². The Bertz CT molecular complexity index is 1030. The molecule has 0 fully saturated rings. The molecule has 0 aliphatic carbocycles. The SMILES string of the molecule is COc1ccc2nc(C)nc(SCC(=O)c3ccc(CC(=O)N(C)C)s3)c2c1. The molecule has 0 N–H and O–H groups in total. The van der Waals surface area contributed by atoms with Crippen LogP contribution in [0.1, 0.15) is 20.4 Å². The van der Waals surface area contributed by atoms with E-state index in [-0.39, 0.29) is 17.4 Å². The van der Waals surface area contributed by atoms with Gasteiger partial charge in [-0.05, 0) is 37.3 Å². The minimum atomic E-state index is 0.0193. The molecule has 0 saturated carbocycles. The maximum atomic E-state index is 12.6. The van der Waals surface area contributed by atoms with Gasteiger partial charge in [0.25, 0.3) is 0 Å². The second-order valence-electron chi connectivity index (χ2n) is 6.40. The first kappa shape index (κ1) is 20.3. The molecule has 3 aromatic rings. The van der Waals surface area contributed by atoms with Gasteiger partial charge < -0.3 is 9.64 Å². The number of methoxy groups -OCH3 is 1. The number of thioether (sulfide) groups is 1. The van der Waals surface area contributed by atoms with Crippen LogP contribution in [0.25, 0.3) is 10.9 Å². The van der Waals surface area contributed by atoms with Gasteiger partial charge in [0.2, 0.25) is 5.91 Å². The van der Waals surface area contributed by atoms with E-state index in [4.69, 9.17) is 4.74 Å². The summed E-state index contributed by atoms with van der Waals surface area (Å²) in [5, 5.41) is 1.63. The number of rotatable bonds is 7. The first-order valence-electron chi connectivity index (χ1n) is 8.64. The zero-order chi connectivity index (χ0) is 20.3. The third-order valence-electron chi connectivity index (χ3n) is 4.08. The van der Waals surface area contributed by atoms with Gasteiger partial charge in [0.15, 0.2) is 5.78 Å². The van der Waals surface area contributed by atoms with Crippen molar-refractivity contribution < 1.29 is 14.3 Å². The molecule has 0 radical (unpaired) electrons. The Morgan fingerprint density at radius 1 is 1.18 bits per heavy atom. The smallest absolute Gasteiger partial charge is 0.227 e. The average Bonchev–Trinajstić information content (AvgIpc) is 3.13. The zero-order valence-corrected chi connectivity index (χ0v) is 17.8. The van der Waals surface area contributed by atoms with Crippen LogP contribution in [0, 0.1) is 6.92 Å². The zero-order valence-electron chi connectivity index (χ0n) is 16.2. The van der Waals surface area contributed by atoms with Crippen molar-refractivity contribution in [1.82, 2.24) is 14.9 Å². The maximum Gasteiger partial charge on any atom is 0.227 e. The molecule has 2 aromatic heterocycles. The van der Waals surface area contributed by atoms with Gasteiger partial charge in [0, 0.05) is 24.4 Å². The molecule has 3 rings (SSSR count). The predicted molar refractivity (Wildman–Crippen MR) is 113 cm³/mol. The highest BCUT2D eigenvalue weighted by atomic mass is 32.2. The van der Waals surface area contributed by atoms with E-state index in [1.165, 1.54) is 23.1 Å². The molecular weight excluding hydrogens is 394 g/mol. The third kappa shape index (κ3) is 4.69. The Morgan fingerprint density at radius 3 is 2.68 bits per heavy atom. The summed E-state index contributed by atoms with van der Waals surface area (Å²) in [6.45, 7) is 1.84. The van der Waals surface area contributed by atoms with Crippen LogP contribution in [-0.2, 0) is 11.2 Å². The van der Waals surface area contributed by atoms with Crippen molar-refractivity contribution in [3.05, 3.63) is 45.9 Å². The number of hydrogen-bond acceptors (Lipinski definition) is 7. The molecule has 0 unspecified atom stereocenters. The fraction of sp³-hybridized carbons (Fsp3) is 0.300. The van der Waals surface area contributed by atoms with E-state index in [2.05, 4.69) is 9.97 Å². The number of fused-ring (bicyclic) bond motifs is 1. The van der Waals surface area contributed by atoms with Crippen LogP contribution in [0.15, 0.2) is 35.4 Å². The van der Waals surface area contributed by atoms with Gasteiger partial charge in [0.1, 0.15) is 16.6 Å². The van der Waals surface area contributed by atoms with Crippen molar-refractivity contribution in [3.63, 3.8) is 0 Å². The summed E-state index contributed by atoms with van der Waals surface area (Å²) in [5.41, 5.74) is 0.823. The standard InChI is InChI=1S/C20H21N3O3S2/c1-12-21-16-7-5-13(26-4)9-15(16)20(22-12)27-11-17(24)18-8-6-14(28-18)10-19(25)23(2)3/h5-9H,10-11H2,1-4H3. The Hall–Kier alpha value is -2.45. The van der Waals surface area contributed by atoms with Crippen LogP contribution in [0.5, 0.6) is 5.75 Å². The predicted octanol–water partition coefficient (Wildman–Crippen LogP) is 3.61. The molecule has 1 amide bonds. The number of amides is 1. The van der Waals surface area contributed by atoms with Gasteiger partial charge in [-0.3, -0.25) is 9.59 Å². The van der Waals surface area contributed by atoms with Crippen LogP contribution >= 0.6 is 23.1 Å². The molecule has 2 heterocycles. The molecule has 146 valence electrons. The van der Waals surface area contributed by atoms with Gasteiger partial charge in [-0.15, -0.1) is 11.3 Å². The average molecular weight is 416 g/mol. The summed E-state index contributed by atoms with van der Waals surface area (Å²) in [7, 11) is 5.06. The molecule has 0 bridgehead atoms. The largest absolute Gasteiger partial charge is 0.497 e. The van der Waals surface area contributed by atoms with E-state index in [1.54, 1.807) is 32.2 Å². The molecule has 0 aliphatic rings. The summed E-state index contributed by atoms with van der Waals surface area (Å²) >= 11 is 2.76. The van der Waals surface area contributed by atoms with Gasteiger partial charge >= 0.3 is 0 Å². The van der Waals surface area contributed by atoms with Crippen molar-refractivity contribution in [2.24, 2.45) is 0 Å². The molecule has 0 spiro atoms. The number of ketones is 1. The molecule has 8 heteroatoms. The van der Waals surface area contributed by atoms with Crippen LogP contribution in [0.3, 0.4) is 0 Å². The highest BCUT2D eigenvalue weighted by Gasteiger charge is 2.15. The number of Topliss-reactive ketones (excluding diaryl/α,β-unsaturated/α-hetero) is 1. The Kier molecular flexibility index (Phi) is 6.31. The molecule has 0 atom stereocenters. The van der Waals surface area contributed by atoms with Crippen molar-refractivity contribution in [1.29, 1.82) is 0 Å². The molecule has 0 aliphatic heterocycles. The lowest BCUT2D eigenvalue weighted by Gasteiger charge is -2.08. The summed E-state index contributed by atoms with van der Waals surface area (Å²) in [4.78, 5) is 36.5. The van der Waals surface area contributed by atoms with E-state index in [0.29, 0.717) is 17.1 Å². The molecule has 0 saturated heterocycles. The van der Waals surface area contributed by atoms with E-state index >= 15 is 0 Å². The monoisotopic (exact) mass is 415 g/mol. The Morgan fingerprint density at radius 2 is 1.96 bits per heavy atom. The van der Waals surface area contributed by atoms with Crippen molar-refractivity contribution in [2.45, 2.75) is 18.4 Å². The first-order valence-corrected chi connectivity index (χ1v) is 10.4. The first-order chi connectivity index (χ1) is 13.4. The molecular formula is C20H21N3O3S2. The van der Waals surface area contributed by atoms with Crippen LogP contribution in [-0.4, -0.2) is 53.5 Å². The van der Waals surface area contributed by atoms with E-state index in [1.807, 2.05) is 31.2 Å². The number of nitrogens with zero attached hydrogens (tertiary/aromatic N) is 3. The quantitative estimate of drug-likeness (QED) is 0.333. The number of ether oxygens (including phenoxy) is 1. The molecule has 28 heavy (non-hydrogen) atoms. The number of likely N-dealkylation sites (N-methyl/N-ethyl adjacent to an activating group) is 1. The highest BCUT2D eigenvalue weighted by Crippen LogP contribution is 2.29.